The van der Waals surface area contributed by atoms with E-state index in [-0.39, 0.29) is 11.4 Å². The van der Waals surface area contributed by atoms with Crippen molar-refractivity contribution in [2.24, 2.45) is 5.73 Å². The van der Waals surface area contributed by atoms with Gasteiger partial charge in [0.05, 0.1) is 16.8 Å². The number of nitrogens with two attached hydrogens (primary N) is 1. The molecule has 0 aliphatic rings. The highest BCUT2D eigenvalue weighted by molar-refractivity contribution is 7.99. The lowest BCUT2D eigenvalue weighted by Gasteiger charge is -2.02. The van der Waals surface area contributed by atoms with Crippen LogP contribution in [-0.4, -0.2) is 21.6 Å². The van der Waals surface area contributed by atoms with Crippen LogP contribution in [0.2, 0.25) is 0 Å². The number of amides is 1. The zero-order chi connectivity index (χ0) is 12.3. The van der Waals surface area contributed by atoms with Crippen molar-refractivity contribution >= 4 is 28.7 Å². The third-order valence-corrected chi connectivity index (χ3v) is 2.98. The molecule has 1 amide bonds. The molecule has 0 fully saturated rings. The monoisotopic (exact) mass is 244 g/mol. The van der Waals surface area contributed by atoms with Gasteiger partial charge in [-0.15, -0.1) is 0 Å². The molecule has 0 saturated heterocycles. The van der Waals surface area contributed by atoms with E-state index in [9.17, 15) is 4.79 Å². The summed E-state index contributed by atoms with van der Waals surface area (Å²) in [7, 11) is 0. The highest BCUT2D eigenvalue weighted by Gasteiger charge is 2.09. The lowest BCUT2D eigenvalue weighted by Crippen LogP contribution is -2.13. The summed E-state index contributed by atoms with van der Waals surface area (Å²) in [5.41, 5.74) is 6.62. The molecule has 1 aromatic heterocycles. The van der Waals surface area contributed by atoms with E-state index in [1.165, 1.54) is 0 Å². The number of hydrogen-bond donors (Lipinski definition) is 1. The number of thioether (sulfide) groups is 1. The fourth-order valence-corrected chi connectivity index (χ4v) is 1.97. The second kappa shape index (κ2) is 4.80. The Hall–Kier alpha value is -2.13. The number of rotatable bonds is 3. The van der Waals surface area contributed by atoms with Crippen LogP contribution in [0.15, 0.2) is 29.3 Å². The minimum Gasteiger partial charge on any atom is -0.369 e. The highest BCUT2D eigenvalue weighted by atomic mass is 32.2. The standard InChI is InChI=1S/C11H8N4OS/c12-5-9-11(17-6-10(13)16)15-8-4-2-1-3-7(8)14-9/h1-4H,6H2,(H2,13,16). The van der Waals surface area contributed by atoms with Gasteiger partial charge < -0.3 is 5.73 Å². The number of carbonyl (C=O) groups is 1. The molecule has 2 N–H and O–H groups in total. The Balaban J connectivity index is 2.46. The Bertz CT molecular complexity index is 620. The predicted octanol–water partition coefficient (Wildman–Crippen LogP) is 1.08. The lowest BCUT2D eigenvalue weighted by atomic mass is 10.3. The molecule has 6 heteroatoms. The molecule has 0 spiro atoms. The van der Waals surface area contributed by atoms with Crippen molar-refractivity contribution in [1.29, 1.82) is 5.26 Å². The van der Waals surface area contributed by atoms with E-state index in [2.05, 4.69) is 9.97 Å². The van der Waals surface area contributed by atoms with Gasteiger partial charge in [0, 0.05) is 0 Å². The molecule has 2 aromatic rings. The Morgan fingerprint density at radius 2 is 2.00 bits per heavy atom. The maximum absolute atomic E-state index is 10.7. The van der Waals surface area contributed by atoms with E-state index >= 15 is 0 Å². The minimum absolute atomic E-state index is 0.0850. The Kier molecular flexibility index (Phi) is 3.21. The molecule has 0 bridgehead atoms. The van der Waals surface area contributed by atoms with Crippen LogP contribution in [0.5, 0.6) is 0 Å². The van der Waals surface area contributed by atoms with Gasteiger partial charge in [0.1, 0.15) is 11.1 Å². The molecule has 0 aliphatic heterocycles. The summed E-state index contributed by atoms with van der Waals surface area (Å²) < 4.78 is 0. The van der Waals surface area contributed by atoms with Crippen molar-refractivity contribution < 1.29 is 4.79 Å². The Morgan fingerprint density at radius 1 is 1.35 bits per heavy atom. The summed E-state index contributed by atoms with van der Waals surface area (Å²) in [4.78, 5) is 19.2. The molecule has 84 valence electrons. The van der Waals surface area contributed by atoms with Crippen LogP contribution >= 0.6 is 11.8 Å². The van der Waals surface area contributed by atoms with Crippen LogP contribution in [0, 0.1) is 11.3 Å². The Labute approximate surface area is 102 Å². The van der Waals surface area contributed by atoms with E-state index in [1.54, 1.807) is 12.1 Å². The van der Waals surface area contributed by atoms with Gasteiger partial charge >= 0.3 is 0 Å². The Morgan fingerprint density at radius 3 is 2.59 bits per heavy atom. The SMILES string of the molecule is N#Cc1nc2ccccc2nc1SCC(N)=O. The average molecular weight is 244 g/mol. The van der Waals surface area contributed by atoms with Gasteiger partial charge in [-0.05, 0) is 12.1 Å². The van der Waals surface area contributed by atoms with Crippen molar-refractivity contribution in [3.05, 3.63) is 30.0 Å². The number of fused-ring (bicyclic) bond motifs is 1. The zero-order valence-electron chi connectivity index (χ0n) is 8.75. The molecule has 1 heterocycles. The molecule has 1 aromatic carbocycles. The topological polar surface area (TPSA) is 92.7 Å². The molecular weight excluding hydrogens is 236 g/mol. The first-order valence-corrected chi connectivity index (χ1v) is 5.77. The van der Waals surface area contributed by atoms with Crippen LogP contribution in [0.1, 0.15) is 5.69 Å². The van der Waals surface area contributed by atoms with Gasteiger partial charge in [-0.1, -0.05) is 23.9 Å². The van der Waals surface area contributed by atoms with Crippen molar-refractivity contribution in [2.75, 3.05) is 5.75 Å². The molecule has 0 aliphatic carbocycles. The zero-order valence-corrected chi connectivity index (χ0v) is 9.57. The van der Waals surface area contributed by atoms with E-state index < -0.39 is 5.91 Å². The first kappa shape index (κ1) is 11.4. The second-order valence-electron chi connectivity index (χ2n) is 3.23. The molecule has 5 nitrogen and oxygen atoms in total. The highest BCUT2D eigenvalue weighted by Crippen LogP contribution is 2.21. The molecule has 0 saturated carbocycles. The van der Waals surface area contributed by atoms with Gasteiger partial charge in [0.25, 0.3) is 0 Å². The summed E-state index contributed by atoms with van der Waals surface area (Å²) >= 11 is 1.12. The van der Waals surface area contributed by atoms with Crippen molar-refractivity contribution in [3.63, 3.8) is 0 Å². The van der Waals surface area contributed by atoms with E-state index in [4.69, 9.17) is 11.0 Å². The number of nitriles is 1. The van der Waals surface area contributed by atoms with Crippen LogP contribution in [0.3, 0.4) is 0 Å². The van der Waals surface area contributed by atoms with Gasteiger partial charge in [-0.3, -0.25) is 4.79 Å². The number of para-hydroxylation sites is 2. The van der Waals surface area contributed by atoms with Crippen LogP contribution in [-0.2, 0) is 4.79 Å². The fraction of sp³-hybridized carbons (Fsp3) is 0.0909. The summed E-state index contributed by atoms with van der Waals surface area (Å²) in [6, 6.07) is 9.22. The van der Waals surface area contributed by atoms with Crippen molar-refractivity contribution in [2.45, 2.75) is 5.03 Å². The van der Waals surface area contributed by atoms with E-state index in [0.29, 0.717) is 16.1 Å². The number of aromatic nitrogens is 2. The second-order valence-corrected chi connectivity index (χ2v) is 4.20. The molecule has 17 heavy (non-hydrogen) atoms. The summed E-state index contributed by atoms with van der Waals surface area (Å²) in [6.45, 7) is 0. The van der Waals surface area contributed by atoms with Crippen molar-refractivity contribution in [3.8, 4) is 6.07 Å². The number of primary amides is 1. The first-order chi connectivity index (χ1) is 8.20. The largest absolute Gasteiger partial charge is 0.369 e. The maximum Gasteiger partial charge on any atom is 0.227 e. The molecule has 0 atom stereocenters. The minimum atomic E-state index is -0.450. The number of benzene rings is 1. The number of carbonyl (C=O) groups excluding carboxylic acids is 1. The number of hydrogen-bond acceptors (Lipinski definition) is 5. The van der Waals surface area contributed by atoms with Gasteiger partial charge in [-0.25, -0.2) is 9.97 Å². The maximum atomic E-state index is 10.7. The lowest BCUT2D eigenvalue weighted by molar-refractivity contribution is -0.115. The van der Waals surface area contributed by atoms with Crippen molar-refractivity contribution in [1.82, 2.24) is 9.97 Å². The summed E-state index contributed by atoms with van der Waals surface area (Å²) in [6.07, 6.45) is 0. The van der Waals surface area contributed by atoms with Gasteiger partial charge in [0.2, 0.25) is 5.91 Å². The average Bonchev–Trinajstić information content (AvgIpc) is 2.35. The quantitative estimate of drug-likeness (QED) is 0.815. The van der Waals surface area contributed by atoms with Crippen LogP contribution < -0.4 is 5.73 Å². The molecule has 0 radical (unpaired) electrons. The molecule has 0 unspecified atom stereocenters. The molecular formula is C11H8N4OS. The van der Waals surface area contributed by atoms with Gasteiger partial charge in [-0.2, -0.15) is 5.26 Å². The van der Waals surface area contributed by atoms with Crippen LogP contribution in [0.4, 0.5) is 0 Å². The van der Waals surface area contributed by atoms with Crippen LogP contribution in [0.25, 0.3) is 11.0 Å². The fourth-order valence-electron chi connectivity index (χ4n) is 1.30. The normalized spacial score (nSPS) is 10.1. The first-order valence-electron chi connectivity index (χ1n) is 4.78. The number of nitrogens with zero attached hydrogens (tertiary/aromatic N) is 3. The summed E-state index contributed by atoms with van der Waals surface area (Å²) in [5, 5.41) is 9.40. The third-order valence-electron chi connectivity index (χ3n) is 2.00. The van der Waals surface area contributed by atoms with Gasteiger partial charge in [0.15, 0.2) is 5.69 Å². The third kappa shape index (κ3) is 2.52. The summed E-state index contributed by atoms with van der Waals surface area (Å²) in [5.74, 6) is -0.365. The smallest absolute Gasteiger partial charge is 0.227 e. The molecule has 2 rings (SSSR count). The van der Waals surface area contributed by atoms with E-state index in [0.717, 1.165) is 11.8 Å². The van der Waals surface area contributed by atoms with E-state index in [1.807, 2.05) is 18.2 Å². The predicted molar refractivity (Wildman–Crippen MR) is 64.2 cm³/mol.